The largest absolute Gasteiger partial charge is 0.373 e. The van der Waals surface area contributed by atoms with Gasteiger partial charge in [0.25, 0.3) is 10.2 Å². The molecule has 0 radical (unpaired) electrons. The van der Waals surface area contributed by atoms with Crippen LogP contribution in [0.1, 0.15) is 26.3 Å². The molecule has 1 N–H and O–H groups in total. The van der Waals surface area contributed by atoms with Crippen LogP contribution in [-0.2, 0) is 21.4 Å². The highest BCUT2D eigenvalue weighted by atomic mass is 32.2. The van der Waals surface area contributed by atoms with Crippen LogP contribution >= 0.6 is 0 Å². The number of hydrogen-bond acceptors (Lipinski definition) is 4. The van der Waals surface area contributed by atoms with Crippen molar-refractivity contribution in [2.24, 2.45) is 0 Å². The fourth-order valence-electron chi connectivity index (χ4n) is 3.58. The van der Waals surface area contributed by atoms with Crippen molar-refractivity contribution in [2.75, 3.05) is 31.1 Å². The van der Waals surface area contributed by atoms with Crippen LogP contribution in [0.15, 0.2) is 24.3 Å². The highest BCUT2D eigenvalue weighted by molar-refractivity contribution is 7.87. The third-order valence-electron chi connectivity index (χ3n) is 4.74. The molecule has 0 saturated carbocycles. The van der Waals surface area contributed by atoms with Gasteiger partial charge in [-0.1, -0.05) is 18.2 Å². The first kappa shape index (κ1) is 17.7. The van der Waals surface area contributed by atoms with Gasteiger partial charge < -0.3 is 9.64 Å². The summed E-state index contributed by atoms with van der Waals surface area (Å²) in [6.45, 7) is 8.02. The topological polar surface area (TPSA) is 61.9 Å². The van der Waals surface area contributed by atoms with E-state index >= 15 is 0 Å². The van der Waals surface area contributed by atoms with E-state index in [2.05, 4.69) is 34.7 Å². The molecule has 7 heteroatoms. The molecule has 134 valence electrons. The maximum absolute atomic E-state index is 12.6. The number of para-hydroxylation sites is 1. The van der Waals surface area contributed by atoms with E-state index in [4.69, 9.17) is 4.74 Å². The molecule has 1 aromatic carbocycles. The number of ether oxygens (including phenoxy) is 1. The highest BCUT2D eigenvalue weighted by Gasteiger charge is 2.31. The van der Waals surface area contributed by atoms with Crippen LogP contribution in [0, 0.1) is 0 Å². The van der Waals surface area contributed by atoms with Gasteiger partial charge in [0.05, 0.1) is 12.2 Å². The zero-order chi connectivity index (χ0) is 17.3. The Hall–Kier alpha value is -1.15. The molecule has 0 aliphatic carbocycles. The first-order valence-electron chi connectivity index (χ1n) is 8.61. The van der Waals surface area contributed by atoms with Gasteiger partial charge in [-0.2, -0.15) is 12.7 Å². The van der Waals surface area contributed by atoms with Crippen molar-refractivity contribution in [2.45, 2.75) is 45.4 Å². The van der Waals surface area contributed by atoms with Gasteiger partial charge in [0.15, 0.2) is 0 Å². The Morgan fingerprint density at radius 2 is 1.92 bits per heavy atom. The zero-order valence-corrected chi connectivity index (χ0v) is 15.4. The van der Waals surface area contributed by atoms with Gasteiger partial charge in [0.1, 0.15) is 0 Å². The average Bonchev–Trinajstić information content (AvgIpc) is 2.96. The molecule has 2 aliphatic rings. The summed E-state index contributed by atoms with van der Waals surface area (Å²) in [5, 5.41) is 0. The number of hydrogen-bond donors (Lipinski definition) is 1. The van der Waals surface area contributed by atoms with Crippen LogP contribution in [0.25, 0.3) is 0 Å². The molecule has 0 aromatic heterocycles. The second-order valence-corrected chi connectivity index (χ2v) is 8.60. The summed E-state index contributed by atoms with van der Waals surface area (Å²) in [5.41, 5.74) is 2.56. The Bertz CT molecular complexity index is 669. The summed E-state index contributed by atoms with van der Waals surface area (Å²) in [6, 6.07) is 8.45. The second kappa shape index (κ2) is 7.00. The van der Waals surface area contributed by atoms with Crippen molar-refractivity contribution in [3.8, 4) is 0 Å². The molecule has 1 saturated heterocycles. The number of nitrogens with one attached hydrogen (secondary N) is 1. The van der Waals surface area contributed by atoms with Crippen LogP contribution in [0.4, 0.5) is 5.69 Å². The van der Waals surface area contributed by atoms with Crippen LogP contribution in [0.5, 0.6) is 0 Å². The van der Waals surface area contributed by atoms with Gasteiger partial charge in [-0.3, -0.25) is 0 Å². The summed E-state index contributed by atoms with van der Waals surface area (Å²) in [4.78, 5) is 2.28. The van der Waals surface area contributed by atoms with Crippen LogP contribution in [-0.4, -0.2) is 57.2 Å². The van der Waals surface area contributed by atoms with Gasteiger partial charge in [0.2, 0.25) is 0 Å². The Balaban J connectivity index is 1.61. The van der Waals surface area contributed by atoms with Crippen molar-refractivity contribution in [1.82, 2.24) is 9.03 Å². The summed E-state index contributed by atoms with van der Waals surface area (Å²) in [5.74, 6) is 0. The lowest BCUT2D eigenvalue weighted by Gasteiger charge is -2.35. The number of benzene rings is 1. The third kappa shape index (κ3) is 3.74. The lowest BCUT2D eigenvalue weighted by atomic mass is 10.2. The van der Waals surface area contributed by atoms with Gasteiger partial charge in [-0.05, 0) is 38.8 Å². The molecule has 6 nitrogen and oxygen atoms in total. The van der Waals surface area contributed by atoms with E-state index in [-0.39, 0.29) is 18.2 Å². The number of nitrogens with zero attached hydrogens (tertiary/aromatic N) is 2. The molecule has 0 amide bonds. The minimum Gasteiger partial charge on any atom is -0.373 e. The van der Waals surface area contributed by atoms with E-state index in [1.165, 1.54) is 15.6 Å². The molecule has 2 heterocycles. The number of anilines is 1. The molecule has 3 atom stereocenters. The van der Waals surface area contributed by atoms with E-state index in [1.54, 1.807) is 0 Å². The summed E-state index contributed by atoms with van der Waals surface area (Å²) < 4.78 is 35.1. The average molecular weight is 353 g/mol. The predicted molar refractivity (Wildman–Crippen MR) is 95.5 cm³/mol. The molecule has 0 spiro atoms. The third-order valence-corrected chi connectivity index (χ3v) is 6.25. The summed E-state index contributed by atoms with van der Waals surface area (Å²) >= 11 is 0. The fraction of sp³-hybridized carbons (Fsp3) is 0.647. The van der Waals surface area contributed by atoms with Crippen molar-refractivity contribution >= 4 is 15.9 Å². The summed E-state index contributed by atoms with van der Waals surface area (Å²) in [6.07, 6.45) is 0.868. The van der Waals surface area contributed by atoms with Crippen molar-refractivity contribution in [3.05, 3.63) is 29.8 Å². The Kier molecular flexibility index (Phi) is 5.15. The zero-order valence-electron chi connectivity index (χ0n) is 14.6. The van der Waals surface area contributed by atoms with Crippen molar-refractivity contribution < 1.29 is 13.2 Å². The highest BCUT2D eigenvalue weighted by Crippen LogP contribution is 2.29. The molecular formula is C17H27N3O3S. The minimum atomic E-state index is -3.47. The Morgan fingerprint density at radius 3 is 2.62 bits per heavy atom. The fourth-order valence-corrected chi connectivity index (χ4v) is 5.02. The van der Waals surface area contributed by atoms with E-state index in [0.29, 0.717) is 19.6 Å². The molecule has 0 unspecified atom stereocenters. The second-order valence-electron chi connectivity index (χ2n) is 6.85. The van der Waals surface area contributed by atoms with E-state index in [0.717, 1.165) is 13.0 Å². The maximum Gasteiger partial charge on any atom is 0.279 e. The molecule has 1 fully saturated rings. The van der Waals surface area contributed by atoms with E-state index < -0.39 is 10.2 Å². The molecular weight excluding hydrogens is 326 g/mol. The number of fused-ring (bicyclic) bond motifs is 1. The Morgan fingerprint density at radius 1 is 1.25 bits per heavy atom. The maximum atomic E-state index is 12.6. The number of morpholine rings is 1. The van der Waals surface area contributed by atoms with E-state index in [9.17, 15) is 8.42 Å². The number of rotatable bonds is 5. The lowest BCUT2D eigenvalue weighted by molar-refractivity contribution is -0.0443. The predicted octanol–water partition coefficient (Wildman–Crippen LogP) is 1.38. The normalized spacial score (nSPS) is 26.4. The molecule has 24 heavy (non-hydrogen) atoms. The van der Waals surface area contributed by atoms with Crippen molar-refractivity contribution in [3.63, 3.8) is 0 Å². The van der Waals surface area contributed by atoms with E-state index in [1.807, 2.05) is 19.9 Å². The standard InChI is InChI=1S/C17H27N3O3S/c1-13(20-9-8-16-6-4-5-7-17(16)20)10-18-24(21,22)19-11-14(2)23-15(3)12-19/h4-7,13-15,18H,8-12H2,1-3H3/t13-,14-,15-/m1/s1. The van der Waals surface area contributed by atoms with Crippen molar-refractivity contribution in [1.29, 1.82) is 0 Å². The molecule has 3 rings (SSSR count). The minimum absolute atomic E-state index is 0.0757. The van der Waals surface area contributed by atoms with Gasteiger partial charge in [0, 0.05) is 37.9 Å². The molecule has 1 aromatic rings. The van der Waals surface area contributed by atoms with Crippen LogP contribution in [0.3, 0.4) is 0 Å². The Labute approximate surface area is 145 Å². The summed E-state index contributed by atoms with van der Waals surface area (Å²) in [7, 11) is -3.47. The van der Waals surface area contributed by atoms with Crippen LogP contribution < -0.4 is 9.62 Å². The molecule has 0 bridgehead atoms. The first-order chi connectivity index (χ1) is 11.4. The lowest BCUT2D eigenvalue weighted by Crippen LogP contribution is -2.53. The smallest absolute Gasteiger partial charge is 0.279 e. The molecule has 2 aliphatic heterocycles. The monoisotopic (exact) mass is 353 g/mol. The van der Waals surface area contributed by atoms with Crippen LogP contribution in [0.2, 0.25) is 0 Å². The first-order valence-corrected chi connectivity index (χ1v) is 10.1. The quantitative estimate of drug-likeness (QED) is 0.869. The van der Waals surface area contributed by atoms with Gasteiger partial charge >= 0.3 is 0 Å². The SMILES string of the molecule is C[C@@H]1CN(S(=O)(=O)NC[C@@H](C)N2CCc3ccccc32)C[C@@H](C)O1. The van der Waals surface area contributed by atoms with Gasteiger partial charge in [-0.15, -0.1) is 0 Å². The van der Waals surface area contributed by atoms with Gasteiger partial charge in [-0.25, -0.2) is 4.72 Å².